The molecule has 0 atom stereocenters. The smallest absolute Gasteiger partial charge is 0.206 e. The Morgan fingerprint density at radius 2 is 1.79 bits per heavy atom. The molecule has 0 aliphatic heterocycles. The van der Waals surface area contributed by atoms with Gasteiger partial charge in [-0.2, -0.15) is 0 Å². The maximum atomic E-state index is 9.02. The van der Waals surface area contributed by atoms with Crippen molar-refractivity contribution in [3.05, 3.63) is 5.01 Å². The van der Waals surface area contributed by atoms with Crippen LogP contribution in [0.5, 0.6) is 0 Å². The monoisotopic (exact) mass is 219 g/mol. The first-order valence-electron chi connectivity index (χ1n) is 4.06. The lowest BCUT2D eigenvalue weighted by molar-refractivity contribution is 0.0833. The molecule has 1 heterocycles. The predicted molar refractivity (Wildman–Crippen MR) is 52.3 cm³/mol. The molecule has 0 saturated carbocycles. The average Bonchev–Trinajstić information content (AvgIpc) is 2.61. The molecule has 1 aromatic rings. The van der Waals surface area contributed by atoms with Crippen molar-refractivity contribution in [2.45, 2.75) is 12.5 Å². The Kier molecular flexibility index (Phi) is 3.76. The second-order valence-corrected chi connectivity index (χ2v) is 4.19. The number of anilines is 1. The Labute approximate surface area is 85.2 Å². The van der Waals surface area contributed by atoms with Crippen LogP contribution in [-0.2, 0) is 0 Å². The molecule has 0 aromatic carbocycles. The van der Waals surface area contributed by atoms with Gasteiger partial charge in [0.05, 0.1) is 19.8 Å². The average molecular weight is 219 g/mol. The third kappa shape index (κ3) is 2.38. The van der Waals surface area contributed by atoms with Gasteiger partial charge in [-0.25, -0.2) is 0 Å². The molecule has 0 spiro atoms. The minimum absolute atomic E-state index is 0.376. The van der Waals surface area contributed by atoms with Crippen molar-refractivity contribution < 1.29 is 15.3 Å². The molecule has 1 aromatic heterocycles. The van der Waals surface area contributed by atoms with Crippen LogP contribution in [0.25, 0.3) is 0 Å². The maximum absolute atomic E-state index is 9.02. The summed E-state index contributed by atoms with van der Waals surface area (Å²) >= 11 is 1.29. The first kappa shape index (κ1) is 11.3. The molecule has 0 radical (unpaired) electrons. The Bertz CT molecular complexity index is 279. The number of nitrogens with one attached hydrogen (secondary N) is 1. The highest BCUT2D eigenvalue weighted by Gasteiger charge is 2.28. The summed E-state index contributed by atoms with van der Waals surface area (Å²) < 4.78 is 0. The normalized spacial score (nSPS) is 11.7. The third-order valence-corrected chi connectivity index (χ3v) is 2.56. The summed E-state index contributed by atoms with van der Waals surface area (Å²) in [5.41, 5.74) is -1.13. The Hall–Kier alpha value is -0.760. The lowest BCUT2D eigenvalue weighted by Gasteiger charge is -2.27. The first-order chi connectivity index (χ1) is 6.65. The quantitative estimate of drug-likeness (QED) is 0.505. The van der Waals surface area contributed by atoms with Crippen molar-refractivity contribution in [1.29, 1.82) is 0 Å². The van der Waals surface area contributed by atoms with Crippen LogP contribution in [0.4, 0.5) is 5.13 Å². The van der Waals surface area contributed by atoms with Crippen LogP contribution >= 0.6 is 11.3 Å². The van der Waals surface area contributed by atoms with Crippen LogP contribution < -0.4 is 5.32 Å². The summed E-state index contributed by atoms with van der Waals surface area (Å²) in [6.45, 7) is 0.664. The first-order valence-corrected chi connectivity index (χ1v) is 4.88. The zero-order chi connectivity index (χ0) is 10.6. The summed E-state index contributed by atoms with van der Waals surface area (Å²) in [6, 6.07) is 0. The zero-order valence-electron chi connectivity index (χ0n) is 7.77. The van der Waals surface area contributed by atoms with Crippen LogP contribution in [0.1, 0.15) is 5.01 Å². The van der Waals surface area contributed by atoms with E-state index in [2.05, 4.69) is 15.5 Å². The summed E-state index contributed by atoms with van der Waals surface area (Å²) in [7, 11) is 0. The Morgan fingerprint density at radius 1 is 1.21 bits per heavy atom. The maximum Gasteiger partial charge on any atom is 0.206 e. The second-order valence-electron chi connectivity index (χ2n) is 3.01. The molecule has 0 saturated heterocycles. The van der Waals surface area contributed by atoms with Gasteiger partial charge < -0.3 is 20.6 Å². The molecule has 7 heteroatoms. The minimum Gasteiger partial charge on any atom is -0.394 e. The standard InChI is InChI=1S/C7H13N3O3S/c1-5-9-10-6(14-5)8-7(2-11,3-12)4-13/h11-13H,2-4H2,1H3,(H,8,10). The van der Waals surface area contributed by atoms with E-state index in [9.17, 15) is 0 Å². The fraction of sp³-hybridized carbons (Fsp3) is 0.714. The molecule has 0 bridgehead atoms. The van der Waals surface area contributed by atoms with Gasteiger partial charge in [-0.1, -0.05) is 11.3 Å². The van der Waals surface area contributed by atoms with Gasteiger partial charge in [-0.3, -0.25) is 0 Å². The number of nitrogens with zero attached hydrogens (tertiary/aromatic N) is 2. The molecule has 0 aliphatic rings. The molecule has 1 rings (SSSR count). The van der Waals surface area contributed by atoms with Crippen LogP contribution in [0.15, 0.2) is 0 Å². The summed E-state index contributed by atoms with van der Waals surface area (Å²) in [4.78, 5) is 0. The van der Waals surface area contributed by atoms with Crippen LogP contribution in [0.3, 0.4) is 0 Å². The lowest BCUT2D eigenvalue weighted by Crippen LogP contribution is -2.49. The SMILES string of the molecule is Cc1nnc(NC(CO)(CO)CO)s1. The number of rotatable bonds is 5. The van der Waals surface area contributed by atoms with Gasteiger partial charge in [0.25, 0.3) is 0 Å². The van der Waals surface area contributed by atoms with E-state index in [-0.39, 0.29) is 19.8 Å². The zero-order valence-corrected chi connectivity index (χ0v) is 8.58. The molecule has 0 unspecified atom stereocenters. The van der Waals surface area contributed by atoms with E-state index < -0.39 is 5.54 Å². The highest BCUT2D eigenvalue weighted by molar-refractivity contribution is 7.15. The van der Waals surface area contributed by atoms with Gasteiger partial charge >= 0.3 is 0 Å². The van der Waals surface area contributed by atoms with Gasteiger partial charge in [-0.15, -0.1) is 10.2 Å². The van der Waals surface area contributed by atoms with E-state index >= 15 is 0 Å². The van der Waals surface area contributed by atoms with Crippen LogP contribution in [-0.4, -0.2) is 50.9 Å². The van der Waals surface area contributed by atoms with E-state index in [1.807, 2.05) is 0 Å². The third-order valence-electron chi connectivity index (χ3n) is 1.81. The molecule has 14 heavy (non-hydrogen) atoms. The van der Waals surface area contributed by atoms with E-state index in [4.69, 9.17) is 15.3 Å². The van der Waals surface area contributed by atoms with Gasteiger partial charge in [0.15, 0.2) is 0 Å². The molecule has 4 N–H and O–H groups in total. The van der Waals surface area contributed by atoms with Crippen molar-refractivity contribution in [2.75, 3.05) is 25.1 Å². The van der Waals surface area contributed by atoms with E-state index in [1.54, 1.807) is 6.92 Å². The summed E-state index contributed by atoms with van der Waals surface area (Å²) in [6.07, 6.45) is 0. The molecular formula is C7H13N3O3S. The molecule has 0 amide bonds. The number of hydrogen-bond acceptors (Lipinski definition) is 7. The van der Waals surface area contributed by atoms with Crippen molar-refractivity contribution in [3.63, 3.8) is 0 Å². The van der Waals surface area contributed by atoms with Crippen molar-refractivity contribution in [2.24, 2.45) is 0 Å². The number of aromatic nitrogens is 2. The minimum atomic E-state index is -1.13. The van der Waals surface area contributed by atoms with Gasteiger partial charge in [0.1, 0.15) is 10.5 Å². The lowest BCUT2D eigenvalue weighted by atomic mass is 10.0. The number of aryl methyl sites for hydroxylation is 1. The fourth-order valence-corrected chi connectivity index (χ4v) is 1.55. The number of hydrogen-bond donors (Lipinski definition) is 4. The second kappa shape index (κ2) is 4.65. The molecule has 0 fully saturated rings. The molecule has 80 valence electrons. The highest BCUT2D eigenvalue weighted by Crippen LogP contribution is 2.18. The van der Waals surface area contributed by atoms with Gasteiger partial charge in [0.2, 0.25) is 5.13 Å². The number of aliphatic hydroxyl groups is 3. The largest absolute Gasteiger partial charge is 0.394 e. The topological polar surface area (TPSA) is 98.5 Å². The van der Waals surface area contributed by atoms with E-state index in [0.29, 0.717) is 5.13 Å². The predicted octanol–water partition coefficient (Wildman–Crippen LogP) is -1.03. The van der Waals surface area contributed by atoms with E-state index in [0.717, 1.165) is 5.01 Å². The Balaban J connectivity index is 2.73. The van der Waals surface area contributed by atoms with Gasteiger partial charge in [-0.05, 0) is 6.92 Å². The van der Waals surface area contributed by atoms with E-state index in [1.165, 1.54) is 11.3 Å². The van der Waals surface area contributed by atoms with Crippen molar-refractivity contribution in [3.8, 4) is 0 Å². The highest BCUT2D eigenvalue weighted by atomic mass is 32.1. The van der Waals surface area contributed by atoms with Crippen molar-refractivity contribution >= 4 is 16.5 Å². The fourth-order valence-electron chi connectivity index (χ4n) is 0.842. The van der Waals surface area contributed by atoms with Crippen molar-refractivity contribution in [1.82, 2.24) is 10.2 Å². The molecular weight excluding hydrogens is 206 g/mol. The summed E-state index contributed by atoms with van der Waals surface area (Å²) in [5, 5.41) is 38.6. The Morgan fingerprint density at radius 3 is 2.14 bits per heavy atom. The number of aliphatic hydroxyl groups excluding tert-OH is 3. The van der Waals surface area contributed by atoms with Gasteiger partial charge in [0, 0.05) is 0 Å². The molecule has 0 aliphatic carbocycles. The van der Waals surface area contributed by atoms with Crippen LogP contribution in [0.2, 0.25) is 0 Å². The summed E-state index contributed by atoms with van der Waals surface area (Å²) in [5.74, 6) is 0. The molecule has 6 nitrogen and oxygen atoms in total. The van der Waals surface area contributed by atoms with Crippen LogP contribution in [0, 0.1) is 6.92 Å².